The Hall–Kier alpha value is -0.730. The van der Waals surface area contributed by atoms with Gasteiger partial charge in [0.1, 0.15) is 30.5 Å². The van der Waals surface area contributed by atoms with Gasteiger partial charge in [-0.3, -0.25) is 4.79 Å². The van der Waals surface area contributed by atoms with E-state index in [0.29, 0.717) is 13.0 Å². The molecule has 6 atom stereocenters. The molecule has 1 aliphatic rings. The van der Waals surface area contributed by atoms with Crippen LogP contribution in [0.25, 0.3) is 0 Å². The lowest BCUT2D eigenvalue weighted by Gasteiger charge is -2.43. The van der Waals surface area contributed by atoms with Crippen LogP contribution in [0.1, 0.15) is 65.2 Å². The lowest BCUT2D eigenvalue weighted by atomic mass is 9.84. The van der Waals surface area contributed by atoms with E-state index in [-0.39, 0.29) is 6.42 Å². The Labute approximate surface area is 150 Å². The molecule has 25 heavy (non-hydrogen) atoms. The Bertz CT molecular complexity index is 376. The minimum Gasteiger partial charge on any atom is -0.457 e. The van der Waals surface area contributed by atoms with Crippen molar-refractivity contribution in [3.63, 3.8) is 0 Å². The maximum absolute atomic E-state index is 11.8. The fourth-order valence-electron chi connectivity index (χ4n) is 3.03. The molecule has 0 spiro atoms. The van der Waals surface area contributed by atoms with Crippen LogP contribution in [0.15, 0.2) is 0 Å². The molecule has 148 valence electrons. The molecule has 0 unspecified atom stereocenters. The van der Waals surface area contributed by atoms with Gasteiger partial charge in [-0.2, -0.15) is 0 Å². The third-order valence-electron chi connectivity index (χ3n) is 4.58. The Morgan fingerprint density at radius 1 is 0.760 bits per heavy atom. The lowest BCUT2D eigenvalue weighted by molar-refractivity contribution is -0.244. The van der Waals surface area contributed by atoms with E-state index in [1.165, 1.54) is 19.3 Å². The van der Waals surface area contributed by atoms with Crippen molar-refractivity contribution in [2.75, 3.05) is 6.61 Å². The van der Waals surface area contributed by atoms with Crippen LogP contribution in [-0.4, -0.2) is 69.6 Å². The number of unbranched alkanes of at least 4 members (excludes halogenated alkanes) is 5. The van der Waals surface area contributed by atoms with Crippen LogP contribution in [0.5, 0.6) is 0 Å². The van der Waals surface area contributed by atoms with Gasteiger partial charge in [-0.25, -0.2) is 0 Å². The van der Waals surface area contributed by atoms with Crippen LogP contribution in [0.2, 0.25) is 0 Å². The van der Waals surface area contributed by atoms with Gasteiger partial charge in [0.15, 0.2) is 6.10 Å². The Balaban J connectivity index is 2.57. The van der Waals surface area contributed by atoms with E-state index in [2.05, 4.69) is 6.92 Å². The molecule has 1 fully saturated rings. The maximum Gasteiger partial charge on any atom is 0.306 e. The predicted molar refractivity (Wildman–Crippen MR) is 91.9 cm³/mol. The number of rotatable bonds is 11. The van der Waals surface area contributed by atoms with Crippen molar-refractivity contribution in [3.05, 3.63) is 0 Å². The van der Waals surface area contributed by atoms with Crippen LogP contribution in [-0.2, 0) is 14.3 Å². The third kappa shape index (κ3) is 6.83. The van der Waals surface area contributed by atoms with Gasteiger partial charge in [0.2, 0.25) is 0 Å². The summed E-state index contributed by atoms with van der Waals surface area (Å²) in [4.78, 5) is 11.8. The summed E-state index contributed by atoms with van der Waals surface area (Å²) < 4.78 is 10.8. The van der Waals surface area contributed by atoms with E-state index < -0.39 is 42.6 Å². The highest BCUT2D eigenvalue weighted by Crippen LogP contribution is 2.27. The van der Waals surface area contributed by atoms with Crippen molar-refractivity contribution in [3.8, 4) is 0 Å². The topological polar surface area (TPSA) is 116 Å². The first-order valence-electron chi connectivity index (χ1n) is 9.47. The normalized spacial score (nSPS) is 32.6. The van der Waals surface area contributed by atoms with Crippen molar-refractivity contribution < 1.29 is 34.7 Å². The van der Waals surface area contributed by atoms with E-state index >= 15 is 0 Å². The highest BCUT2D eigenvalue weighted by molar-refractivity contribution is 5.69. The molecular weight excluding hydrogens is 328 g/mol. The summed E-state index contributed by atoms with van der Waals surface area (Å²) >= 11 is 0. The van der Waals surface area contributed by atoms with Gasteiger partial charge >= 0.3 is 5.97 Å². The first-order valence-corrected chi connectivity index (χ1v) is 9.47. The average Bonchev–Trinajstić information content (AvgIpc) is 2.59. The SMILES string of the molecule is CCCCCCCCO[C@H]1[C@H](O)[C@@H](O)[C@H](O)[C@@H](O)[C@H]1OC(=O)CCC. The molecule has 1 rings (SSSR count). The van der Waals surface area contributed by atoms with Gasteiger partial charge < -0.3 is 29.9 Å². The minimum absolute atomic E-state index is 0.169. The van der Waals surface area contributed by atoms with Crippen LogP contribution in [0.3, 0.4) is 0 Å². The molecule has 4 N–H and O–H groups in total. The molecule has 0 saturated heterocycles. The van der Waals surface area contributed by atoms with Gasteiger partial charge in [-0.1, -0.05) is 46.0 Å². The van der Waals surface area contributed by atoms with Crippen molar-refractivity contribution in [2.24, 2.45) is 0 Å². The monoisotopic (exact) mass is 362 g/mol. The largest absolute Gasteiger partial charge is 0.457 e. The van der Waals surface area contributed by atoms with E-state index in [1.54, 1.807) is 0 Å². The lowest BCUT2D eigenvalue weighted by Crippen LogP contribution is -2.65. The fraction of sp³-hybridized carbons (Fsp3) is 0.944. The molecule has 0 aromatic carbocycles. The summed E-state index contributed by atoms with van der Waals surface area (Å²) in [5.41, 5.74) is 0. The molecule has 7 nitrogen and oxygen atoms in total. The van der Waals surface area contributed by atoms with Crippen LogP contribution in [0, 0.1) is 0 Å². The van der Waals surface area contributed by atoms with Crippen molar-refractivity contribution in [2.45, 2.75) is 102 Å². The molecule has 0 amide bonds. The van der Waals surface area contributed by atoms with E-state index in [4.69, 9.17) is 9.47 Å². The summed E-state index contributed by atoms with van der Waals surface area (Å²) in [7, 11) is 0. The Morgan fingerprint density at radius 3 is 1.92 bits per heavy atom. The summed E-state index contributed by atoms with van der Waals surface area (Å²) in [6.45, 7) is 4.29. The zero-order valence-corrected chi connectivity index (χ0v) is 15.3. The van der Waals surface area contributed by atoms with Crippen molar-refractivity contribution in [1.82, 2.24) is 0 Å². The number of aliphatic hydroxyl groups is 4. The van der Waals surface area contributed by atoms with Crippen LogP contribution < -0.4 is 0 Å². The van der Waals surface area contributed by atoms with Gasteiger partial charge in [0.05, 0.1) is 0 Å². The fourth-order valence-corrected chi connectivity index (χ4v) is 3.03. The van der Waals surface area contributed by atoms with Gasteiger partial charge in [-0.15, -0.1) is 0 Å². The summed E-state index contributed by atoms with van der Waals surface area (Å²) in [5, 5.41) is 40.0. The number of carbonyl (C=O) groups is 1. The number of esters is 1. The second-order valence-electron chi connectivity index (χ2n) is 6.77. The average molecular weight is 362 g/mol. The zero-order valence-electron chi connectivity index (χ0n) is 15.3. The number of hydrogen-bond donors (Lipinski definition) is 4. The Morgan fingerprint density at radius 2 is 1.32 bits per heavy atom. The number of ether oxygens (including phenoxy) is 2. The molecule has 0 aliphatic heterocycles. The third-order valence-corrected chi connectivity index (χ3v) is 4.58. The molecule has 1 aliphatic carbocycles. The first-order chi connectivity index (χ1) is 11.9. The second-order valence-corrected chi connectivity index (χ2v) is 6.77. The highest BCUT2D eigenvalue weighted by atomic mass is 16.6. The predicted octanol–water partition coefficient (Wildman–Crippen LogP) is 0.901. The van der Waals surface area contributed by atoms with Gasteiger partial charge in [0, 0.05) is 13.0 Å². The summed E-state index contributed by atoms with van der Waals surface area (Å²) in [6, 6.07) is 0. The number of aliphatic hydroxyl groups excluding tert-OH is 4. The van der Waals surface area contributed by atoms with E-state index in [1.807, 2.05) is 6.92 Å². The molecular formula is C18H34O7. The molecule has 1 saturated carbocycles. The van der Waals surface area contributed by atoms with E-state index in [9.17, 15) is 25.2 Å². The smallest absolute Gasteiger partial charge is 0.306 e. The minimum atomic E-state index is -1.59. The first kappa shape index (κ1) is 22.3. The molecule has 0 bridgehead atoms. The van der Waals surface area contributed by atoms with Crippen molar-refractivity contribution in [1.29, 1.82) is 0 Å². The summed E-state index contributed by atoms with van der Waals surface area (Å²) in [5.74, 6) is -0.532. The van der Waals surface area contributed by atoms with E-state index in [0.717, 1.165) is 19.3 Å². The maximum atomic E-state index is 11.8. The van der Waals surface area contributed by atoms with Gasteiger partial charge in [-0.05, 0) is 12.8 Å². The van der Waals surface area contributed by atoms with Crippen LogP contribution >= 0.6 is 0 Å². The molecule has 0 aromatic rings. The zero-order chi connectivity index (χ0) is 18.8. The number of hydrogen-bond acceptors (Lipinski definition) is 7. The van der Waals surface area contributed by atoms with Crippen molar-refractivity contribution >= 4 is 5.97 Å². The quantitative estimate of drug-likeness (QED) is 0.319. The number of carbonyl (C=O) groups excluding carboxylic acids is 1. The highest BCUT2D eigenvalue weighted by Gasteiger charge is 2.51. The standard InChI is InChI=1S/C18H34O7/c1-3-5-6-7-8-9-11-24-17-15(22)13(20)14(21)16(23)18(17)25-12(19)10-4-2/h13-18,20-23H,3-11H2,1-2H3/t13-,14-,15+,16+,17-,18+/m0/s1. The van der Waals surface area contributed by atoms with Crippen LogP contribution in [0.4, 0.5) is 0 Å². The summed E-state index contributed by atoms with van der Waals surface area (Å²) in [6.07, 6.45) is -1.19. The molecule has 0 heterocycles. The molecule has 0 radical (unpaired) electrons. The Kier molecular flexibility index (Phi) is 10.5. The van der Waals surface area contributed by atoms with Gasteiger partial charge in [0.25, 0.3) is 0 Å². The second kappa shape index (κ2) is 11.8. The molecule has 0 aromatic heterocycles. The molecule has 7 heteroatoms.